The van der Waals surface area contributed by atoms with Crippen LogP contribution in [0.1, 0.15) is 107 Å². The number of hydrogen-bond acceptors (Lipinski definition) is 7. The van der Waals surface area contributed by atoms with Gasteiger partial charge in [0.2, 0.25) is 0 Å². The molecule has 0 aliphatic carbocycles. The molecule has 0 radical (unpaired) electrons. The Bertz CT molecular complexity index is 2690. The molecule has 0 unspecified atom stereocenters. The van der Waals surface area contributed by atoms with Crippen LogP contribution in [0.2, 0.25) is 0 Å². The minimum absolute atomic E-state index is 0.0389. The standard InChI is InChI=1S/C48H49N5O5/c1-24(2)42(25(3)4)52-45(55)32-12-9-29-30-10-13-34-39-35(48(58)53(47(34)57)43(26(5)6)27(7)8)23-36(40(41(30)39)31-11-14-33(46(52)56)38(32)37(29)31)50-19-21-51(22-20-50)44(54)28-15-17-49-18-16-28/h9-18,23-27,42-43H,19-22H2,1-8H3. The van der Waals surface area contributed by atoms with Crippen LogP contribution in [-0.4, -0.2) is 87.5 Å². The van der Waals surface area contributed by atoms with E-state index >= 15 is 0 Å². The summed E-state index contributed by atoms with van der Waals surface area (Å²) in [5, 5.41) is 6.33. The molecular formula is C48H49N5O5. The molecule has 3 aliphatic heterocycles. The molecule has 10 heteroatoms. The molecule has 10 nitrogen and oxygen atoms in total. The van der Waals surface area contributed by atoms with Gasteiger partial charge in [0.25, 0.3) is 29.5 Å². The zero-order chi connectivity index (χ0) is 41.1. The van der Waals surface area contributed by atoms with E-state index in [4.69, 9.17) is 0 Å². The van der Waals surface area contributed by atoms with Crippen molar-refractivity contribution in [1.82, 2.24) is 19.7 Å². The van der Waals surface area contributed by atoms with Gasteiger partial charge in [0.1, 0.15) is 0 Å². The number of imide groups is 2. The summed E-state index contributed by atoms with van der Waals surface area (Å²) in [4.78, 5) is 83.1. The molecule has 1 aromatic heterocycles. The lowest BCUT2D eigenvalue weighted by Gasteiger charge is -2.40. The second kappa shape index (κ2) is 13.6. The zero-order valence-corrected chi connectivity index (χ0v) is 34.4. The molecule has 0 atom stereocenters. The molecule has 0 bridgehead atoms. The van der Waals surface area contributed by atoms with Gasteiger partial charge in [-0.05, 0) is 81.6 Å². The smallest absolute Gasteiger partial charge is 0.261 e. The Morgan fingerprint density at radius 1 is 0.500 bits per heavy atom. The van der Waals surface area contributed by atoms with E-state index in [2.05, 4.69) is 37.6 Å². The van der Waals surface area contributed by atoms with Crippen LogP contribution in [0, 0.1) is 23.7 Å². The van der Waals surface area contributed by atoms with Crippen molar-refractivity contribution in [1.29, 1.82) is 0 Å². The minimum Gasteiger partial charge on any atom is -0.367 e. The van der Waals surface area contributed by atoms with Gasteiger partial charge in [-0.25, -0.2) is 0 Å². The Hall–Kier alpha value is -5.90. The van der Waals surface area contributed by atoms with Crippen LogP contribution in [0.25, 0.3) is 43.1 Å². The molecule has 9 rings (SSSR count). The van der Waals surface area contributed by atoms with Crippen LogP contribution in [0.4, 0.5) is 5.69 Å². The van der Waals surface area contributed by atoms with E-state index in [0.29, 0.717) is 64.8 Å². The minimum atomic E-state index is -0.307. The number of hydrogen-bond donors (Lipinski definition) is 0. The molecule has 3 aliphatic rings. The van der Waals surface area contributed by atoms with Crippen LogP contribution >= 0.6 is 0 Å². The van der Waals surface area contributed by atoms with Crippen LogP contribution < -0.4 is 4.90 Å². The number of carbonyl (C=O) groups is 5. The van der Waals surface area contributed by atoms with Crippen molar-refractivity contribution in [3.8, 4) is 0 Å². The van der Waals surface area contributed by atoms with Crippen molar-refractivity contribution >= 4 is 78.3 Å². The lowest BCUT2D eigenvalue weighted by Crippen LogP contribution is -2.51. The maximum atomic E-state index is 14.9. The van der Waals surface area contributed by atoms with E-state index in [9.17, 15) is 24.0 Å². The summed E-state index contributed by atoms with van der Waals surface area (Å²) in [5.41, 5.74) is 3.37. The highest BCUT2D eigenvalue weighted by molar-refractivity contribution is 6.43. The quantitative estimate of drug-likeness (QED) is 0.0865. The Morgan fingerprint density at radius 2 is 0.931 bits per heavy atom. The summed E-state index contributed by atoms with van der Waals surface area (Å²) in [7, 11) is 0. The van der Waals surface area contributed by atoms with Crippen LogP contribution in [0.3, 0.4) is 0 Å². The van der Waals surface area contributed by atoms with Gasteiger partial charge in [-0.2, -0.15) is 0 Å². The third kappa shape index (κ3) is 5.29. The number of pyridine rings is 1. The maximum absolute atomic E-state index is 14.9. The second-order valence-corrected chi connectivity index (χ2v) is 17.7. The lowest BCUT2D eigenvalue weighted by atomic mass is 9.80. The van der Waals surface area contributed by atoms with Gasteiger partial charge in [0.05, 0.1) is 5.56 Å². The summed E-state index contributed by atoms with van der Waals surface area (Å²) >= 11 is 0. The third-order valence-electron chi connectivity index (χ3n) is 12.9. The normalized spacial score (nSPS) is 16.3. The number of amides is 5. The predicted molar refractivity (Wildman–Crippen MR) is 228 cm³/mol. The maximum Gasteiger partial charge on any atom is 0.261 e. The predicted octanol–water partition coefficient (Wildman–Crippen LogP) is 8.65. The Morgan fingerprint density at radius 3 is 1.41 bits per heavy atom. The average Bonchev–Trinajstić information content (AvgIpc) is 3.20. The van der Waals surface area contributed by atoms with Gasteiger partial charge in [-0.3, -0.25) is 38.8 Å². The molecule has 6 aromatic rings. The fourth-order valence-electron chi connectivity index (χ4n) is 10.7. The van der Waals surface area contributed by atoms with E-state index in [1.807, 2.05) is 75.1 Å². The molecular weight excluding hydrogens is 727 g/mol. The summed E-state index contributed by atoms with van der Waals surface area (Å²) in [6, 6.07) is 16.3. The Labute approximate surface area is 338 Å². The van der Waals surface area contributed by atoms with Crippen molar-refractivity contribution in [3.05, 3.63) is 94.8 Å². The highest BCUT2D eigenvalue weighted by Gasteiger charge is 2.43. The first kappa shape index (κ1) is 37.7. The van der Waals surface area contributed by atoms with Crippen molar-refractivity contribution in [3.63, 3.8) is 0 Å². The van der Waals surface area contributed by atoms with Crippen LogP contribution in [-0.2, 0) is 0 Å². The molecule has 5 amide bonds. The van der Waals surface area contributed by atoms with E-state index < -0.39 is 0 Å². The van der Waals surface area contributed by atoms with Crippen molar-refractivity contribution in [2.75, 3.05) is 31.1 Å². The second-order valence-electron chi connectivity index (χ2n) is 17.7. The van der Waals surface area contributed by atoms with Crippen molar-refractivity contribution in [2.45, 2.75) is 67.5 Å². The van der Waals surface area contributed by atoms with E-state index in [1.54, 1.807) is 24.5 Å². The Kier molecular flexibility index (Phi) is 8.83. The number of aromatic nitrogens is 1. The number of benzene rings is 5. The lowest BCUT2D eigenvalue weighted by molar-refractivity contribution is 0.0423. The van der Waals surface area contributed by atoms with Crippen molar-refractivity contribution < 1.29 is 24.0 Å². The number of carbonyl (C=O) groups excluding carboxylic acids is 5. The molecule has 0 saturated carbocycles. The largest absolute Gasteiger partial charge is 0.367 e. The topological polar surface area (TPSA) is 111 Å². The van der Waals surface area contributed by atoms with Gasteiger partial charge in [0.15, 0.2) is 0 Å². The van der Waals surface area contributed by atoms with Crippen LogP contribution in [0.5, 0.6) is 0 Å². The van der Waals surface area contributed by atoms with Gasteiger partial charge < -0.3 is 9.80 Å². The fraction of sp³-hybridized carbons (Fsp3) is 0.375. The van der Waals surface area contributed by atoms with E-state index in [0.717, 1.165) is 38.0 Å². The highest BCUT2D eigenvalue weighted by atomic mass is 16.2. The molecule has 1 saturated heterocycles. The summed E-state index contributed by atoms with van der Waals surface area (Å²) in [5.74, 6) is -1.04. The molecule has 0 spiro atoms. The van der Waals surface area contributed by atoms with Gasteiger partial charge >= 0.3 is 0 Å². The summed E-state index contributed by atoms with van der Waals surface area (Å²) in [6.07, 6.45) is 3.24. The molecule has 58 heavy (non-hydrogen) atoms. The summed E-state index contributed by atoms with van der Waals surface area (Å²) < 4.78 is 0. The molecule has 4 heterocycles. The molecule has 296 valence electrons. The first-order valence-electron chi connectivity index (χ1n) is 20.7. The fourth-order valence-corrected chi connectivity index (χ4v) is 10.7. The van der Waals surface area contributed by atoms with Crippen LogP contribution in [0.15, 0.2) is 67.0 Å². The third-order valence-corrected chi connectivity index (χ3v) is 12.9. The van der Waals surface area contributed by atoms with Gasteiger partial charge in [-0.15, -0.1) is 0 Å². The summed E-state index contributed by atoms with van der Waals surface area (Å²) in [6.45, 7) is 18.3. The van der Waals surface area contributed by atoms with E-state index in [1.165, 1.54) is 9.80 Å². The molecule has 0 N–H and O–H groups in total. The monoisotopic (exact) mass is 775 g/mol. The van der Waals surface area contributed by atoms with Gasteiger partial charge in [0, 0.05) is 100 Å². The first-order valence-corrected chi connectivity index (χ1v) is 20.7. The zero-order valence-electron chi connectivity index (χ0n) is 34.4. The number of fused-ring (bicyclic) bond motifs is 2. The number of piperazine rings is 1. The number of anilines is 1. The number of rotatable bonds is 8. The number of nitrogens with zero attached hydrogens (tertiary/aromatic N) is 5. The first-order chi connectivity index (χ1) is 27.7. The molecule has 5 aromatic carbocycles. The van der Waals surface area contributed by atoms with Crippen molar-refractivity contribution in [2.24, 2.45) is 23.7 Å². The Balaban J connectivity index is 1.30. The SMILES string of the molecule is CC(C)C(C(C)C)N1C(=O)c2ccc3c4ccc5c6c(cc(N7CCN(C(=O)c8ccncc8)CC7)c(c7ccc(c2c37)C1=O)c64)C(=O)N(C(C(C)C)C(C)C)C5=O. The average molecular weight is 776 g/mol. The molecule has 1 fully saturated rings. The van der Waals surface area contributed by atoms with E-state index in [-0.39, 0.29) is 65.3 Å². The van der Waals surface area contributed by atoms with Gasteiger partial charge in [-0.1, -0.05) is 73.6 Å². The highest BCUT2D eigenvalue weighted by Crippen LogP contribution is 2.50.